The Labute approximate surface area is 180 Å². The maximum atomic E-state index is 12.9. The summed E-state index contributed by atoms with van der Waals surface area (Å²) >= 11 is 0. The second-order valence-electron chi connectivity index (χ2n) is 10.2. The van der Waals surface area contributed by atoms with Gasteiger partial charge in [-0.15, -0.1) is 0 Å². The van der Waals surface area contributed by atoms with Crippen molar-refractivity contribution in [2.45, 2.75) is 71.3 Å². The van der Waals surface area contributed by atoms with Gasteiger partial charge in [-0.2, -0.15) is 5.26 Å². The first-order valence-corrected chi connectivity index (χ1v) is 11.8. The molecule has 1 heterocycles. The van der Waals surface area contributed by atoms with E-state index in [4.69, 9.17) is 4.74 Å². The van der Waals surface area contributed by atoms with Crippen LogP contribution in [0.15, 0.2) is 11.8 Å². The molecule has 30 heavy (non-hydrogen) atoms. The molecule has 4 aliphatic carbocycles. The number of nitrogens with one attached hydrogen (secondary N) is 1. The Kier molecular flexibility index (Phi) is 6.09. The van der Waals surface area contributed by atoms with Gasteiger partial charge in [0, 0.05) is 25.3 Å². The van der Waals surface area contributed by atoms with Crippen LogP contribution in [0.2, 0.25) is 0 Å². The van der Waals surface area contributed by atoms with Crippen molar-refractivity contribution in [2.24, 2.45) is 29.1 Å². The van der Waals surface area contributed by atoms with Crippen LogP contribution < -0.4 is 5.32 Å². The van der Waals surface area contributed by atoms with Crippen molar-refractivity contribution < 1.29 is 14.3 Å². The van der Waals surface area contributed by atoms with Crippen molar-refractivity contribution in [1.29, 1.82) is 5.26 Å². The van der Waals surface area contributed by atoms with Gasteiger partial charge in [0.1, 0.15) is 11.6 Å². The number of likely N-dealkylation sites (tertiary alicyclic amines) is 1. The average Bonchev–Trinajstić information content (AvgIpc) is 2.71. The average molecular weight is 414 g/mol. The number of hydrogen-bond acceptors (Lipinski definition) is 5. The van der Waals surface area contributed by atoms with E-state index in [9.17, 15) is 14.9 Å². The summed E-state index contributed by atoms with van der Waals surface area (Å²) < 4.78 is 5.11. The summed E-state index contributed by atoms with van der Waals surface area (Å²) in [5.41, 5.74) is 0.393. The third-order valence-corrected chi connectivity index (χ3v) is 8.18. The molecule has 1 amide bonds. The van der Waals surface area contributed by atoms with E-state index in [0.29, 0.717) is 32.5 Å². The number of amides is 1. The molecule has 164 valence electrons. The van der Waals surface area contributed by atoms with Crippen LogP contribution in [0.25, 0.3) is 0 Å². The number of nitrogens with zero attached hydrogens (tertiary/aromatic N) is 2. The van der Waals surface area contributed by atoms with E-state index in [1.54, 1.807) is 6.20 Å². The number of ether oxygens (including phenoxy) is 1. The molecule has 4 saturated carbocycles. The van der Waals surface area contributed by atoms with Gasteiger partial charge in [0.05, 0.1) is 12.5 Å². The summed E-state index contributed by atoms with van der Waals surface area (Å²) in [4.78, 5) is 26.8. The van der Waals surface area contributed by atoms with Crippen molar-refractivity contribution in [1.82, 2.24) is 10.2 Å². The molecule has 1 atom stereocenters. The van der Waals surface area contributed by atoms with Crippen molar-refractivity contribution in [3.63, 3.8) is 0 Å². The van der Waals surface area contributed by atoms with Crippen LogP contribution in [-0.4, -0.2) is 42.5 Å². The number of nitriles is 1. The lowest BCUT2D eigenvalue weighted by Crippen LogP contribution is -2.56. The van der Waals surface area contributed by atoms with E-state index in [-0.39, 0.29) is 34.8 Å². The highest BCUT2D eigenvalue weighted by atomic mass is 16.5. The highest BCUT2D eigenvalue weighted by molar-refractivity contribution is 5.97. The van der Waals surface area contributed by atoms with Gasteiger partial charge in [0.25, 0.3) is 5.91 Å². The van der Waals surface area contributed by atoms with Gasteiger partial charge in [-0.25, -0.2) is 0 Å². The van der Waals surface area contributed by atoms with Crippen LogP contribution in [0.1, 0.15) is 65.2 Å². The zero-order valence-electron chi connectivity index (χ0n) is 18.4. The summed E-state index contributed by atoms with van der Waals surface area (Å²) in [6.45, 7) is 5.68. The van der Waals surface area contributed by atoms with Gasteiger partial charge in [-0.3, -0.25) is 9.59 Å². The van der Waals surface area contributed by atoms with E-state index < -0.39 is 0 Å². The third kappa shape index (κ3) is 4.22. The zero-order chi connectivity index (χ0) is 21.3. The maximum Gasteiger partial charge on any atom is 0.309 e. The van der Waals surface area contributed by atoms with Crippen molar-refractivity contribution in [3.05, 3.63) is 11.8 Å². The first kappa shape index (κ1) is 21.2. The van der Waals surface area contributed by atoms with E-state index in [1.165, 1.54) is 38.5 Å². The first-order valence-electron chi connectivity index (χ1n) is 11.8. The van der Waals surface area contributed by atoms with Gasteiger partial charge in [-0.05, 0) is 88.4 Å². The summed E-state index contributed by atoms with van der Waals surface area (Å²) in [6.07, 6.45) is 10.9. The normalized spacial score (nSPS) is 34.4. The van der Waals surface area contributed by atoms with Gasteiger partial charge in [0.15, 0.2) is 0 Å². The fourth-order valence-electron chi connectivity index (χ4n) is 6.98. The molecule has 0 radical (unpaired) electrons. The van der Waals surface area contributed by atoms with Crippen molar-refractivity contribution >= 4 is 11.9 Å². The monoisotopic (exact) mass is 413 g/mol. The number of rotatable bonds is 6. The minimum absolute atomic E-state index is 0.0786. The quantitative estimate of drug-likeness (QED) is 0.410. The summed E-state index contributed by atoms with van der Waals surface area (Å²) in [5.74, 6) is 2.04. The molecule has 1 saturated heterocycles. The van der Waals surface area contributed by atoms with E-state index in [0.717, 1.165) is 17.8 Å². The molecule has 1 aliphatic heterocycles. The Balaban J connectivity index is 1.34. The number of hydrogen-bond donors (Lipinski definition) is 1. The summed E-state index contributed by atoms with van der Waals surface area (Å²) in [5, 5.41) is 12.8. The Morgan fingerprint density at radius 2 is 1.73 bits per heavy atom. The molecule has 0 aromatic rings. The van der Waals surface area contributed by atoms with E-state index in [1.807, 2.05) is 11.8 Å². The van der Waals surface area contributed by atoms with Crippen LogP contribution in [0.4, 0.5) is 0 Å². The summed E-state index contributed by atoms with van der Waals surface area (Å²) in [7, 11) is 0. The number of carbonyl (C=O) groups excluding carboxylic acids is 2. The Morgan fingerprint density at radius 3 is 2.23 bits per heavy atom. The van der Waals surface area contributed by atoms with Crippen LogP contribution in [-0.2, 0) is 14.3 Å². The molecule has 0 aromatic carbocycles. The van der Waals surface area contributed by atoms with Crippen LogP contribution in [0, 0.1) is 40.4 Å². The molecule has 5 fully saturated rings. The second kappa shape index (κ2) is 8.61. The molecular formula is C24H35N3O3. The number of piperidine rings is 1. The standard InChI is InChI=1S/C24H35N3O3/c1-3-30-23(29)20-4-6-27(7-5-20)15-21(14-25)22(28)26-16(2)24-11-17-8-18(12-24)10-19(9-17)13-24/h15-20H,3-13H2,1-2H3,(H,26,28)/b21-15-. The minimum Gasteiger partial charge on any atom is -0.466 e. The van der Waals surface area contributed by atoms with Gasteiger partial charge < -0.3 is 15.0 Å². The second-order valence-corrected chi connectivity index (χ2v) is 10.2. The molecule has 6 heteroatoms. The van der Waals surface area contributed by atoms with Gasteiger partial charge >= 0.3 is 5.97 Å². The fraction of sp³-hybridized carbons (Fsp3) is 0.792. The Hall–Kier alpha value is -2.03. The van der Waals surface area contributed by atoms with Crippen LogP contribution in [0.5, 0.6) is 0 Å². The lowest BCUT2D eigenvalue weighted by Gasteiger charge is -2.59. The Morgan fingerprint density at radius 1 is 1.17 bits per heavy atom. The first-order chi connectivity index (χ1) is 14.4. The predicted molar refractivity (Wildman–Crippen MR) is 113 cm³/mol. The van der Waals surface area contributed by atoms with Crippen LogP contribution in [0.3, 0.4) is 0 Å². The molecule has 5 rings (SSSR count). The van der Waals surface area contributed by atoms with Crippen molar-refractivity contribution in [3.8, 4) is 6.07 Å². The predicted octanol–water partition coefficient (Wildman–Crippen LogP) is 3.39. The molecule has 1 N–H and O–H groups in total. The van der Waals surface area contributed by atoms with Crippen LogP contribution >= 0.6 is 0 Å². The molecule has 6 nitrogen and oxygen atoms in total. The molecule has 1 unspecified atom stereocenters. The van der Waals surface area contributed by atoms with Gasteiger partial charge in [0.2, 0.25) is 0 Å². The smallest absolute Gasteiger partial charge is 0.309 e. The zero-order valence-corrected chi connectivity index (χ0v) is 18.4. The third-order valence-electron chi connectivity index (χ3n) is 8.18. The van der Waals surface area contributed by atoms with Gasteiger partial charge in [-0.1, -0.05) is 0 Å². The number of carbonyl (C=O) groups is 2. The largest absolute Gasteiger partial charge is 0.466 e. The fourth-order valence-corrected chi connectivity index (χ4v) is 6.98. The molecule has 4 bridgehead atoms. The molecular weight excluding hydrogens is 378 g/mol. The number of esters is 1. The topological polar surface area (TPSA) is 82.4 Å². The summed E-state index contributed by atoms with van der Waals surface area (Å²) in [6, 6.07) is 2.20. The lowest BCUT2D eigenvalue weighted by atomic mass is 9.48. The van der Waals surface area contributed by atoms with Crippen molar-refractivity contribution in [2.75, 3.05) is 19.7 Å². The highest BCUT2D eigenvalue weighted by Gasteiger charge is 2.53. The molecule has 5 aliphatic rings. The van der Waals surface area contributed by atoms with E-state index >= 15 is 0 Å². The lowest BCUT2D eigenvalue weighted by molar-refractivity contribution is -0.149. The molecule has 0 spiro atoms. The molecule has 0 aromatic heterocycles. The van der Waals surface area contributed by atoms with E-state index in [2.05, 4.69) is 18.3 Å². The SMILES string of the molecule is CCOC(=O)C1CCN(/C=C(/C#N)C(=O)NC(C)C23CC4CC(CC(C4)C2)C3)CC1. The highest BCUT2D eigenvalue weighted by Crippen LogP contribution is 2.61. The Bertz CT molecular complexity index is 710. The maximum absolute atomic E-state index is 12.9. The minimum atomic E-state index is -0.256.